The second kappa shape index (κ2) is 15.8. The Labute approximate surface area is 287 Å². The second-order valence-electron chi connectivity index (χ2n) is 15.8. The van der Waals surface area contributed by atoms with Crippen molar-refractivity contribution in [2.24, 2.45) is 11.3 Å². The number of hydrogen-bond acceptors (Lipinski definition) is 10. The van der Waals surface area contributed by atoms with Gasteiger partial charge in [-0.1, -0.05) is 71.2 Å². The summed E-state index contributed by atoms with van der Waals surface area (Å²) >= 11 is 1.92. The number of aromatic nitrogens is 2. The number of nitrogens with zero attached hydrogens (tertiary/aromatic N) is 4. The van der Waals surface area contributed by atoms with E-state index in [1.54, 1.807) is 0 Å². The number of fused-ring (bicyclic) bond motifs is 4. The fraction of sp³-hybridized carbons (Fsp3) is 0.730. The number of aryl methyl sites for hydroxylation is 1. The molecule has 4 fully saturated rings. The Balaban J connectivity index is 1.26. The monoisotopic (exact) mass is 665 g/mol. The number of nitrogens with one attached hydrogen (secondary N) is 3. The zero-order chi connectivity index (χ0) is 33.0. The standard InChI is InChI=1S/C37H59N7O2S/c1-25(2)31-12-7-9-26(3)35(31)32-18-34-41-36(40-32)42-47-30-11-8-10-27(17-30)22-44(28(24-46-34)19-37(4,5)6)23-33-38-20-29(21-39-33)43-13-15-45-16-14-43/h7,9,12,20-21,25,27-28,30,32,34,36,40-42H,8,10-11,13-19,22-24H2,1-6H3/t27?,28-,30?,32?,34?,36?/m1/s1. The average molecular weight is 666 g/mol. The Bertz CT molecular complexity index is 1280. The molecular weight excluding hydrogens is 607 g/mol. The summed E-state index contributed by atoms with van der Waals surface area (Å²) in [5.41, 5.74) is 5.46. The smallest absolute Gasteiger partial charge is 0.142 e. The van der Waals surface area contributed by atoms with Gasteiger partial charge in [-0.3, -0.25) is 15.5 Å². The van der Waals surface area contributed by atoms with Crippen LogP contribution in [0.2, 0.25) is 0 Å². The van der Waals surface area contributed by atoms with Crippen LogP contribution in [-0.4, -0.2) is 78.1 Å². The number of rotatable bonds is 6. The molecule has 3 saturated heterocycles. The Morgan fingerprint density at radius 2 is 1.83 bits per heavy atom. The fourth-order valence-electron chi connectivity index (χ4n) is 8.03. The van der Waals surface area contributed by atoms with Gasteiger partial charge in [-0.25, -0.2) is 14.7 Å². The Morgan fingerprint density at radius 3 is 2.57 bits per heavy atom. The van der Waals surface area contributed by atoms with Crippen LogP contribution in [0.1, 0.15) is 108 Å². The van der Waals surface area contributed by atoms with Crippen LogP contribution < -0.4 is 20.3 Å². The summed E-state index contributed by atoms with van der Waals surface area (Å²) in [6.45, 7) is 19.7. The molecule has 0 amide bonds. The van der Waals surface area contributed by atoms with Crippen molar-refractivity contribution in [2.45, 2.75) is 122 Å². The molecule has 4 bridgehead atoms. The van der Waals surface area contributed by atoms with Gasteiger partial charge >= 0.3 is 0 Å². The molecule has 5 unspecified atom stereocenters. The minimum Gasteiger partial charge on any atom is -0.378 e. The van der Waals surface area contributed by atoms with Crippen LogP contribution in [0.5, 0.6) is 0 Å². The van der Waals surface area contributed by atoms with Crippen molar-refractivity contribution in [3.8, 4) is 0 Å². The number of ether oxygens (including phenoxy) is 2. The lowest BCUT2D eigenvalue weighted by Gasteiger charge is -2.41. The lowest BCUT2D eigenvalue weighted by atomic mass is 9.85. The van der Waals surface area contributed by atoms with Crippen LogP contribution in [0.4, 0.5) is 5.69 Å². The molecule has 0 spiro atoms. The highest BCUT2D eigenvalue weighted by atomic mass is 32.2. The highest BCUT2D eigenvalue weighted by molar-refractivity contribution is 7.98. The SMILES string of the molecule is Cc1cccc(C(C)C)c1C1CC2NC(NSC3CCCC(C3)CN(Cc3ncc(N4CCOCC4)cn3)[C@H](CC(C)(C)C)CO2)N1. The van der Waals surface area contributed by atoms with E-state index >= 15 is 0 Å². The van der Waals surface area contributed by atoms with Crippen LogP contribution in [0, 0.1) is 18.3 Å². The molecule has 4 aliphatic rings. The summed E-state index contributed by atoms with van der Waals surface area (Å²) in [5, 5.41) is 8.33. The maximum atomic E-state index is 6.95. The maximum Gasteiger partial charge on any atom is 0.142 e. The molecule has 4 heterocycles. The third-order valence-electron chi connectivity index (χ3n) is 10.3. The number of benzene rings is 1. The van der Waals surface area contributed by atoms with Gasteiger partial charge in [0.1, 0.15) is 18.3 Å². The van der Waals surface area contributed by atoms with Crippen molar-refractivity contribution in [1.82, 2.24) is 30.2 Å². The first-order chi connectivity index (χ1) is 22.6. The molecule has 0 radical (unpaired) electrons. The van der Waals surface area contributed by atoms with Crippen LogP contribution in [0.25, 0.3) is 0 Å². The van der Waals surface area contributed by atoms with Crippen molar-refractivity contribution >= 4 is 17.6 Å². The summed E-state index contributed by atoms with van der Waals surface area (Å²) in [6, 6.07) is 7.24. The Morgan fingerprint density at radius 1 is 1.04 bits per heavy atom. The van der Waals surface area contributed by atoms with Gasteiger partial charge in [-0.15, -0.1) is 0 Å². The summed E-state index contributed by atoms with van der Waals surface area (Å²) in [4.78, 5) is 14.8. The van der Waals surface area contributed by atoms with Crippen LogP contribution in [-0.2, 0) is 16.0 Å². The summed E-state index contributed by atoms with van der Waals surface area (Å²) < 4.78 is 16.3. The molecule has 1 saturated carbocycles. The van der Waals surface area contributed by atoms with E-state index in [1.165, 1.54) is 42.4 Å². The van der Waals surface area contributed by atoms with Gasteiger partial charge < -0.3 is 14.4 Å². The van der Waals surface area contributed by atoms with Gasteiger partial charge in [0.2, 0.25) is 0 Å². The number of morpholine rings is 1. The molecule has 1 aromatic heterocycles. The molecule has 47 heavy (non-hydrogen) atoms. The topological polar surface area (TPSA) is 86.8 Å². The molecule has 10 heteroatoms. The molecule has 9 nitrogen and oxygen atoms in total. The summed E-state index contributed by atoms with van der Waals surface area (Å²) in [7, 11) is 0. The lowest BCUT2D eigenvalue weighted by Crippen LogP contribution is -2.61. The molecule has 2 aromatic rings. The normalized spacial score (nSPS) is 30.0. The van der Waals surface area contributed by atoms with Crippen molar-refractivity contribution in [2.75, 3.05) is 44.4 Å². The molecule has 3 aliphatic heterocycles. The van der Waals surface area contributed by atoms with Crippen LogP contribution in [0.15, 0.2) is 30.6 Å². The third kappa shape index (κ3) is 9.47. The first kappa shape index (κ1) is 35.1. The lowest BCUT2D eigenvalue weighted by molar-refractivity contribution is -0.0518. The molecule has 1 aliphatic carbocycles. The van der Waals surface area contributed by atoms with Gasteiger partial charge in [-0.05, 0) is 66.5 Å². The van der Waals surface area contributed by atoms with Gasteiger partial charge in [0, 0.05) is 43.4 Å². The third-order valence-corrected chi connectivity index (χ3v) is 11.5. The maximum absolute atomic E-state index is 6.95. The van der Waals surface area contributed by atoms with E-state index in [0.717, 1.165) is 63.7 Å². The first-order valence-corrected chi connectivity index (χ1v) is 19.0. The van der Waals surface area contributed by atoms with E-state index in [0.29, 0.717) is 23.7 Å². The minimum atomic E-state index is -0.0625. The highest BCUT2D eigenvalue weighted by Gasteiger charge is 2.36. The van der Waals surface area contributed by atoms with Gasteiger partial charge in [0.05, 0.1) is 44.4 Å². The zero-order valence-electron chi connectivity index (χ0n) is 29.6. The first-order valence-electron chi connectivity index (χ1n) is 18.1. The van der Waals surface area contributed by atoms with Crippen molar-refractivity contribution < 1.29 is 9.47 Å². The van der Waals surface area contributed by atoms with Crippen LogP contribution in [0.3, 0.4) is 0 Å². The molecule has 3 N–H and O–H groups in total. The molecule has 1 aromatic carbocycles. The second-order valence-corrected chi connectivity index (χ2v) is 16.9. The Kier molecular flexibility index (Phi) is 11.8. The molecular formula is C37H59N7O2S. The largest absolute Gasteiger partial charge is 0.378 e. The van der Waals surface area contributed by atoms with Crippen molar-refractivity contribution in [3.05, 3.63) is 53.1 Å². The number of anilines is 1. The van der Waals surface area contributed by atoms with E-state index in [4.69, 9.17) is 19.4 Å². The van der Waals surface area contributed by atoms with E-state index < -0.39 is 0 Å². The minimum absolute atomic E-state index is 0.0277. The average Bonchev–Trinajstić information content (AvgIpc) is 3.05. The van der Waals surface area contributed by atoms with E-state index in [1.807, 2.05) is 24.3 Å². The van der Waals surface area contributed by atoms with E-state index in [2.05, 4.69) is 84.9 Å². The molecule has 260 valence electrons. The predicted octanol–water partition coefficient (Wildman–Crippen LogP) is 6.11. The molecule has 6 rings (SSSR count). The van der Waals surface area contributed by atoms with Gasteiger partial charge in [-0.2, -0.15) is 0 Å². The van der Waals surface area contributed by atoms with E-state index in [9.17, 15) is 0 Å². The summed E-state index contributed by atoms with van der Waals surface area (Å²) in [5.74, 6) is 2.01. The van der Waals surface area contributed by atoms with E-state index in [-0.39, 0.29) is 30.0 Å². The van der Waals surface area contributed by atoms with Crippen molar-refractivity contribution in [3.63, 3.8) is 0 Å². The predicted molar refractivity (Wildman–Crippen MR) is 192 cm³/mol. The van der Waals surface area contributed by atoms with Gasteiger partial charge in [0.25, 0.3) is 0 Å². The fourth-order valence-corrected chi connectivity index (χ4v) is 9.15. The Hall–Kier alpha value is -1.79. The summed E-state index contributed by atoms with van der Waals surface area (Å²) in [6.07, 6.45) is 10.9. The van der Waals surface area contributed by atoms with Gasteiger partial charge in [0.15, 0.2) is 0 Å². The van der Waals surface area contributed by atoms with Crippen LogP contribution >= 0.6 is 11.9 Å². The van der Waals surface area contributed by atoms with Crippen molar-refractivity contribution in [1.29, 1.82) is 0 Å². The quantitative estimate of drug-likeness (QED) is 0.314. The molecule has 6 atom stereocenters. The zero-order valence-corrected chi connectivity index (χ0v) is 30.5. The highest BCUT2D eigenvalue weighted by Crippen LogP contribution is 2.36. The number of hydrogen-bond donors (Lipinski definition) is 3.